The Labute approximate surface area is 137 Å². The zero-order chi connectivity index (χ0) is 16.4. The SMILES string of the molecule is CNc1nc(Nc2ccccc2NS(C)(C)C)c2[nH]ccc2n1. The van der Waals surface area contributed by atoms with Crippen molar-refractivity contribution in [1.29, 1.82) is 0 Å². The lowest BCUT2D eigenvalue weighted by Crippen LogP contribution is -2.08. The predicted molar refractivity (Wildman–Crippen MR) is 102 cm³/mol. The monoisotopic (exact) mass is 330 g/mol. The summed E-state index contributed by atoms with van der Waals surface area (Å²) in [7, 11) is 0.936. The van der Waals surface area contributed by atoms with E-state index in [2.05, 4.69) is 55.1 Å². The molecule has 0 amide bonds. The van der Waals surface area contributed by atoms with Crippen LogP contribution in [0.25, 0.3) is 11.0 Å². The molecule has 0 bridgehead atoms. The number of aromatic nitrogens is 3. The molecule has 0 radical (unpaired) electrons. The van der Waals surface area contributed by atoms with Crippen molar-refractivity contribution in [2.24, 2.45) is 0 Å². The van der Waals surface area contributed by atoms with Crippen LogP contribution in [-0.4, -0.2) is 40.8 Å². The third kappa shape index (κ3) is 3.50. The van der Waals surface area contributed by atoms with Gasteiger partial charge in [-0.3, -0.25) is 0 Å². The highest BCUT2D eigenvalue weighted by molar-refractivity contribution is 8.33. The average Bonchev–Trinajstić information content (AvgIpc) is 2.96. The summed E-state index contributed by atoms with van der Waals surface area (Å²) < 4.78 is 3.59. The first-order valence-electron chi connectivity index (χ1n) is 7.31. The van der Waals surface area contributed by atoms with Crippen LogP contribution in [-0.2, 0) is 0 Å². The summed E-state index contributed by atoms with van der Waals surface area (Å²) in [6, 6.07) is 10.1. The second-order valence-corrected chi connectivity index (χ2v) is 9.87. The summed E-state index contributed by atoms with van der Waals surface area (Å²) in [6.45, 7) is 0. The molecular weight excluding hydrogens is 308 g/mol. The summed E-state index contributed by atoms with van der Waals surface area (Å²) in [5.74, 6) is 1.34. The van der Waals surface area contributed by atoms with Gasteiger partial charge in [0.25, 0.3) is 0 Å². The Kier molecular flexibility index (Phi) is 4.04. The van der Waals surface area contributed by atoms with Crippen molar-refractivity contribution in [3.63, 3.8) is 0 Å². The number of nitrogens with zero attached hydrogens (tertiary/aromatic N) is 2. The lowest BCUT2D eigenvalue weighted by atomic mass is 10.2. The van der Waals surface area contributed by atoms with Crippen LogP contribution in [0.4, 0.5) is 23.1 Å². The number of rotatable bonds is 5. The molecule has 0 atom stereocenters. The Hall–Kier alpha value is -2.41. The Bertz CT molecular complexity index is 821. The van der Waals surface area contributed by atoms with E-state index < -0.39 is 10.2 Å². The molecule has 122 valence electrons. The summed E-state index contributed by atoms with van der Waals surface area (Å²) >= 11 is 0. The topological polar surface area (TPSA) is 77.7 Å². The van der Waals surface area contributed by atoms with Gasteiger partial charge >= 0.3 is 0 Å². The number of H-pyrrole nitrogens is 1. The highest BCUT2D eigenvalue weighted by Gasteiger charge is 2.12. The number of fused-ring (bicyclic) bond motifs is 1. The molecule has 7 heteroatoms. The van der Waals surface area contributed by atoms with Crippen molar-refractivity contribution < 1.29 is 0 Å². The highest BCUT2D eigenvalue weighted by Crippen LogP contribution is 2.39. The molecule has 0 fully saturated rings. The van der Waals surface area contributed by atoms with Crippen LogP contribution in [0.15, 0.2) is 36.5 Å². The summed E-state index contributed by atoms with van der Waals surface area (Å²) in [5, 5.41) is 6.43. The fourth-order valence-electron chi connectivity index (χ4n) is 2.29. The first-order chi connectivity index (χ1) is 11.0. The van der Waals surface area contributed by atoms with Gasteiger partial charge in [0.2, 0.25) is 5.95 Å². The van der Waals surface area contributed by atoms with Crippen LogP contribution in [0.3, 0.4) is 0 Å². The minimum Gasteiger partial charge on any atom is -0.357 e. The lowest BCUT2D eigenvalue weighted by Gasteiger charge is -2.29. The van der Waals surface area contributed by atoms with Crippen LogP contribution in [0.2, 0.25) is 0 Å². The second-order valence-electron chi connectivity index (χ2n) is 5.99. The van der Waals surface area contributed by atoms with Crippen molar-refractivity contribution >= 4 is 44.4 Å². The van der Waals surface area contributed by atoms with Gasteiger partial charge in [-0.05, 0) is 37.0 Å². The molecule has 3 aromatic rings. The largest absolute Gasteiger partial charge is 0.357 e. The Morgan fingerprint density at radius 2 is 1.74 bits per heavy atom. The molecule has 4 N–H and O–H groups in total. The molecule has 2 aromatic heterocycles. The third-order valence-corrected chi connectivity index (χ3v) is 4.06. The Morgan fingerprint density at radius 3 is 2.43 bits per heavy atom. The number of hydrogen-bond donors (Lipinski definition) is 4. The van der Waals surface area contributed by atoms with Gasteiger partial charge in [0.1, 0.15) is 5.52 Å². The maximum absolute atomic E-state index is 4.54. The highest BCUT2D eigenvalue weighted by atomic mass is 32.3. The zero-order valence-corrected chi connectivity index (χ0v) is 14.6. The van der Waals surface area contributed by atoms with Gasteiger partial charge < -0.3 is 20.3 Å². The van der Waals surface area contributed by atoms with E-state index in [-0.39, 0.29) is 0 Å². The van der Waals surface area contributed by atoms with Crippen molar-refractivity contribution in [1.82, 2.24) is 15.0 Å². The predicted octanol–water partition coefficient (Wildman–Crippen LogP) is 3.76. The van der Waals surface area contributed by atoms with Crippen molar-refractivity contribution in [3.8, 4) is 0 Å². The molecule has 23 heavy (non-hydrogen) atoms. The van der Waals surface area contributed by atoms with Crippen molar-refractivity contribution in [2.45, 2.75) is 0 Å². The van der Waals surface area contributed by atoms with E-state index in [4.69, 9.17) is 0 Å². The van der Waals surface area contributed by atoms with Crippen LogP contribution < -0.4 is 15.4 Å². The molecule has 0 aliphatic carbocycles. The summed E-state index contributed by atoms with van der Waals surface area (Å²) in [6.07, 6.45) is 8.53. The van der Waals surface area contributed by atoms with Gasteiger partial charge in [-0.2, -0.15) is 15.2 Å². The van der Waals surface area contributed by atoms with Crippen molar-refractivity contribution in [3.05, 3.63) is 36.5 Å². The standard InChI is InChI=1S/C16H22N6S/c1-17-16-20-13-9-10-18-14(13)15(21-16)19-11-7-5-6-8-12(11)22-23(2,3)4/h5-10,18,22H,1-4H3,(H2,17,19,20,21). The number of aromatic amines is 1. The normalized spacial score (nSPS) is 12.2. The molecular formula is C16H22N6S. The molecule has 0 unspecified atom stereocenters. The number of benzene rings is 1. The first-order valence-corrected chi connectivity index (χ1v) is 10.2. The molecule has 6 nitrogen and oxygen atoms in total. The molecule has 0 saturated carbocycles. The van der Waals surface area contributed by atoms with E-state index in [9.17, 15) is 0 Å². The van der Waals surface area contributed by atoms with Gasteiger partial charge in [-0.25, -0.2) is 4.98 Å². The third-order valence-electron chi connectivity index (χ3n) is 3.23. The maximum atomic E-state index is 4.54. The minimum absolute atomic E-state index is 0.589. The van der Waals surface area contributed by atoms with E-state index in [0.29, 0.717) is 5.95 Å². The Morgan fingerprint density at radius 1 is 1.00 bits per heavy atom. The zero-order valence-electron chi connectivity index (χ0n) is 13.8. The number of anilines is 4. The van der Waals surface area contributed by atoms with Gasteiger partial charge in [0, 0.05) is 13.2 Å². The van der Waals surface area contributed by atoms with Gasteiger partial charge in [-0.15, -0.1) is 0 Å². The smallest absolute Gasteiger partial charge is 0.225 e. The first kappa shape index (κ1) is 15.5. The number of para-hydroxylation sites is 2. The maximum Gasteiger partial charge on any atom is 0.225 e. The second kappa shape index (κ2) is 6.00. The molecule has 1 aromatic carbocycles. The fraction of sp³-hybridized carbons (Fsp3) is 0.250. The van der Waals surface area contributed by atoms with Crippen LogP contribution in [0, 0.1) is 0 Å². The fourth-order valence-corrected chi connectivity index (χ4v) is 3.12. The number of hydrogen-bond acceptors (Lipinski definition) is 5. The molecule has 3 rings (SSSR count). The van der Waals surface area contributed by atoms with Crippen molar-refractivity contribution in [2.75, 3.05) is 41.2 Å². The van der Waals surface area contributed by atoms with E-state index in [1.165, 1.54) is 0 Å². The lowest BCUT2D eigenvalue weighted by molar-refractivity contribution is 1.19. The molecule has 0 spiro atoms. The average molecular weight is 330 g/mol. The molecule has 0 saturated heterocycles. The number of nitrogens with one attached hydrogen (secondary N) is 4. The van der Waals surface area contributed by atoms with E-state index >= 15 is 0 Å². The van der Waals surface area contributed by atoms with Crippen LogP contribution >= 0.6 is 10.2 Å². The van der Waals surface area contributed by atoms with Gasteiger partial charge in [0.15, 0.2) is 5.82 Å². The quantitative estimate of drug-likeness (QED) is 0.573. The van der Waals surface area contributed by atoms with E-state index in [1.54, 1.807) is 0 Å². The van der Waals surface area contributed by atoms with Gasteiger partial charge in [-0.1, -0.05) is 12.1 Å². The minimum atomic E-state index is -0.879. The van der Waals surface area contributed by atoms with Crippen LogP contribution in [0.5, 0.6) is 0 Å². The Balaban J connectivity index is 2.01. The summed E-state index contributed by atoms with van der Waals surface area (Å²) in [4.78, 5) is 12.2. The van der Waals surface area contributed by atoms with Crippen LogP contribution in [0.1, 0.15) is 0 Å². The van der Waals surface area contributed by atoms with Gasteiger partial charge in [0.05, 0.1) is 16.9 Å². The molecule has 0 aliphatic rings. The van der Waals surface area contributed by atoms with E-state index in [0.717, 1.165) is 28.2 Å². The summed E-state index contributed by atoms with van der Waals surface area (Å²) in [5.41, 5.74) is 3.83. The van der Waals surface area contributed by atoms with E-state index in [1.807, 2.05) is 37.5 Å². The molecule has 0 aliphatic heterocycles. The molecule has 2 heterocycles.